The summed E-state index contributed by atoms with van der Waals surface area (Å²) < 4.78 is 26.4. The molecule has 0 heterocycles. The van der Waals surface area contributed by atoms with Gasteiger partial charge in [-0.2, -0.15) is 0 Å². The predicted molar refractivity (Wildman–Crippen MR) is 70.2 cm³/mol. The Kier molecular flexibility index (Phi) is 3.66. The number of carbonyl (C=O) groups excluding carboxylic acids is 1. The number of nitrogens with one attached hydrogen (secondary N) is 1. The molecule has 6 heteroatoms. The molecule has 2 aromatic rings. The van der Waals surface area contributed by atoms with Crippen molar-refractivity contribution in [1.82, 2.24) is 0 Å². The average Bonchev–Trinajstić information content (AvgIpc) is 2.36. The Labute approximate surface area is 113 Å². The number of anilines is 2. The molecule has 0 bridgehead atoms. The number of halogens is 3. The van der Waals surface area contributed by atoms with Gasteiger partial charge in [0.25, 0.3) is 5.91 Å². The molecular formula is C13H9ClF2N2O. The summed E-state index contributed by atoms with van der Waals surface area (Å²) in [5.74, 6) is -2.26. The minimum absolute atomic E-state index is 0.277. The van der Waals surface area contributed by atoms with Gasteiger partial charge >= 0.3 is 0 Å². The second-order valence-corrected chi connectivity index (χ2v) is 4.22. The molecule has 98 valence electrons. The van der Waals surface area contributed by atoms with Crippen LogP contribution in [-0.4, -0.2) is 5.91 Å². The Morgan fingerprint density at radius 2 is 1.89 bits per heavy atom. The highest BCUT2D eigenvalue weighted by molar-refractivity contribution is 6.33. The van der Waals surface area contributed by atoms with Gasteiger partial charge in [0.2, 0.25) is 0 Å². The van der Waals surface area contributed by atoms with E-state index in [2.05, 4.69) is 5.32 Å². The van der Waals surface area contributed by atoms with E-state index in [1.54, 1.807) is 0 Å². The first kappa shape index (κ1) is 13.3. The third-order valence-electron chi connectivity index (χ3n) is 2.43. The fourth-order valence-corrected chi connectivity index (χ4v) is 1.61. The van der Waals surface area contributed by atoms with Gasteiger partial charge in [0.15, 0.2) is 0 Å². The molecular weight excluding hydrogens is 274 g/mol. The highest BCUT2D eigenvalue weighted by Gasteiger charge is 2.13. The number of hydrogen-bond donors (Lipinski definition) is 2. The van der Waals surface area contributed by atoms with E-state index in [1.165, 1.54) is 18.2 Å². The quantitative estimate of drug-likeness (QED) is 0.829. The van der Waals surface area contributed by atoms with Crippen LogP contribution in [0.15, 0.2) is 36.4 Å². The van der Waals surface area contributed by atoms with E-state index in [0.717, 1.165) is 18.2 Å². The van der Waals surface area contributed by atoms with Crippen LogP contribution in [0.25, 0.3) is 0 Å². The lowest BCUT2D eigenvalue weighted by Gasteiger charge is -2.07. The Hall–Kier alpha value is -2.14. The molecule has 0 fully saturated rings. The monoisotopic (exact) mass is 282 g/mol. The number of rotatable bonds is 2. The molecule has 0 saturated carbocycles. The molecule has 0 saturated heterocycles. The molecule has 0 aliphatic rings. The second kappa shape index (κ2) is 5.24. The van der Waals surface area contributed by atoms with Crippen molar-refractivity contribution in [3.05, 3.63) is 58.6 Å². The average molecular weight is 283 g/mol. The van der Waals surface area contributed by atoms with Gasteiger partial charge in [0, 0.05) is 5.69 Å². The van der Waals surface area contributed by atoms with Gasteiger partial charge in [-0.15, -0.1) is 0 Å². The molecule has 0 aliphatic heterocycles. The molecule has 2 rings (SSSR count). The van der Waals surface area contributed by atoms with Crippen LogP contribution in [0.5, 0.6) is 0 Å². The van der Waals surface area contributed by atoms with Gasteiger partial charge in [-0.3, -0.25) is 4.79 Å². The fourth-order valence-electron chi connectivity index (χ4n) is 1.49. The van der Waals surface area contributed by atoms with Crippen molar-refractivity contribution >= 4 is 28.9 Å². The molecule has 3 N–H and O–H groups in total. The molecule has 3 nitrogen and oxygen atoms in total. The summed E-state index contributed by atoms with van der Waals surface area (Å²) >= 11 is 5.73. The number of hydrogen-bond acceptors (Lipinski definition) is 2. The summed E-state index contributed by atoms with van der Waals surface area (Å²) in [5, 5.41) is 2.75. The zero-order valence-electron chi connectivity index (χ0n) is 9.58. The number of nitrogens with two attached hydrogens (primary N) is 1. The van der Waals surface area contributed by atoms with Crippen LogP contribution in [0, 0.1) is 11.6 Å². The fraction of sp³-hybridized carbons (Fsp3) is 0. The van der Waals surface area contributed by atoms with E-state index in [9.17, 15) is 13.6 Å². The molecule has 0 aliphatic carbocycles. The maximum absolute atomic E-state index is 13.4. The highest BCUT2D eigenvalue weighted by Crippen LogP contribution is 2.23. The Morgan fingerprint density at radius 1 is 1.16 bits per heavy atom. The normalized spacial score (nSPS) is 10.3. The second-order valence-electron chi connectivity index (χ2n) is 3.81. The Balaban J connectivity index is 2.25. The maximum atomic E-state index is 13.4. The highest BCUT2D eigenvalue weighted by atomic mass is 35.5. The van der Waals surface area contributed by atoms with Gasteiger partial charge in [0.05, 0.1) is 16.3 Å². The van der Waals surface area contributed by atoms with Crippen LogP contribution in [0.1, 0.15) is 10.4 Å². The van der Waals surface area contributed by atoms with Crippen molar-refractivity contribution in [3.63, 3.8) is 0 Å². The van der Waals surface area contributed by atoms with E-state index >= 15 is 0 Å². The van der Waals surface area contributed by atoms with Crippen LogP contribution < -0.4 is 11.1 Å². The number of carbonyl (C=O) groups is 1. The molecule has 0 unspecified atom stereocenters. The van der Waals surface area contributed by atoms with Gasteiger partial charge in [-0.25, -0.2) is 8.78 Å². The molecule has 0 aromatic heterocycles. The summed E-state index contributed by atoms with van der Waals surface area (Å²) in [7, 11) is 0. The predicted octanol–water partition coefficient (Wildman–Crippen LogP) is 3.45. The van der Waals surface area contributed by atoms with E-state index < -0.39 is 17.5 Å². The zero-order chi connectivity index (χ0) is 14.0. The largest absolute Gasteiger partial charge is 0.397 e. The van der Waals surface area contributed by atoms with E-state index in [4.69, 9.17) is 17.3 Å². The smallest absolute Gasteiger partial charge is 0.258 e. The molecule has 0 spiro atoms. The van der Waals surface area contributed by atoms with Gasteiger partial charge in [0.1, 0.15) is 11.6 Å². The van der Waals surface area contributed by atoms with Crippen molar-refractivity contribution in [3.8, 4) is 0 Å². The molecule has 19 heavy (non-hydrogen) atoms. The van der Waals surface area contributed by atoms with E-state index in [-0.39, 0.29) is 11.3 Å². The number of amides is 1. The van der Waals surface area contributed by atoms with Crippen molar-refractivity contribution in [2.45, 2.75) is 0 Å². The van der Waals surface area contributed by atoms with Crippen LogP contribution in [0.3, 0.4) is 0 Å². The Morgan fingerprint density at radius 3 is 2.58 bits per heavy atom. The Bertz CT molecular complexity index is 647. The summed E-state index contributed by atoms with van der Waals surface area (Å²) in [4.78, 5) is 11.8. The van der Waals surface area contributed by atoms with Gasteiger partial charge in [-0.05, 0) is 36.4 Å². The zero-order valence-corrected chi connectivity index (χ0v) is 10.3. The molecule has 2 aromatic carbocycles. The summed E-state index contributed by atoms with van der Waals surface area (Å²) in [6.45, 7) is 0. The lowest BCUT2D eigenvalue weighted by atomic mass is 10.2. The van der Waals surface area contributed by atoms with Crippen LogP contribution in [0.4, 0.5) is 20.2 Å². The first-order valence-electron chi connectivity index (χ1n) is 5.29. The van der Waals surface area contributed by atoms with Crippen molar-refractivity contribution < 1.29 is 13.6 Å². The van der Waals surface area contributed by atoms with Crippen molar-refractivity contribution in [2.75, 3.05) is 11.1 Å². The molecule has 0 atom stereocenters. The van der Waals surface area contributed by atoms with E-state index in [1.807, 2.05) is 0 Å². The lowest BCUT2D eigenvalue weighted by molar-refractivity contribution is 0.102. The third kappa shape index (κ3) is 3.00. The first-order chi connectivity index (χ1) is 8.97. The van der Waals surface area contributed by atoms with Crippen molar-refractivity contribution in [1.29, 1.82) is 0 Å². The minimum atomic E-state index is -0.805. The molecule has 1 amide bonds. The molecule has 0 radical (unpaired) electrons. The van der Waals surface area contributed by atoms with Gasteiger partial charge < -0.3 is 11.1 Å². The van der Waals surface area contributed by atoms with E-state index in [0.29, 0.717) is 10.7 Å². The number of benzene rings is 2. The summed E-state index contributed by atoms with van der Waals surface area (Å²) in [6, 6.07) is 7.08. The summed E-state index contributed by atoms with van der Waals surface area (Å²) in [5.41, 5.74) is 5.81. The minimum Gasteiger partial charge on any atom is -0.397 e. The number of nitrogen functional groups attached to an aromatic ring is 1. The standard InChI is InChI=1S/C13H9ClF2N2O/c14-10-3-2-8(6-12(10)17)18-13(19)9-5-7(15)1-4-11(9)16/h1-6H,17H2,(H,18,19). The third-order valence-corrected chi connectivity index (χ3v) is 2.77. The van der Waals surface area contributed by atoms with Crippen LogP contribution in [-0.2, 0) is 0 Å². The van der Waals surface area contributed by atoms with Gasteiger partial charge in [-0.1, -0.05) is 11.6 Å². The van der Waals surface area contributed by atoms with Crippen LogP contribution in [0.2, 0.25) is 5.02 Å². The summed E-state index contributed by atoms with van der Waals surface area (Å²) in [6.07, 6.45) is 0. The van der Waals surface area contributed by atoms with Crippen LogP contribution >= 0.6 is 11.6 Å². The lowest BCUT2D eigenvalue weighted by Crippen LogP contribution is -2.14. The maximum Gasteiger partial charge on any atom is 0.258 e. The SMILES string of the molecule is Nc1cc(NC(=O)c2cc(F)ccc2F)ccc1Cl. The van der Waals surface area contributed by atoms with Crippen molar-refractivity contribution in [2.24, 2.45) is 0 Å². The first-order valence-corrected chi connectivity index (χ1v) is 5.66. The topological polar surface area (TPSA) is 55.1 Å².